The highest BCUT2D eigenvalue weighted by molar-refractivity contribution is 5.81. The Bertz CT molecular complexity index is 495. The molecule has 0 atom stereocenters. The molecule has 114 valence electrons. The van der Waals surface area contributed by atoms with Crippen LogP contribution in [0.3, 0.4) is 0 Å². The Morgan fingerprint density at radius 1 is 1.33 bits per heavy atom. The van der Waals surface area contributed by atoms with Gasteiger partial charge in [0.05, 0.1) is 6.54 Å². The van der Waals surface area contributed by atoms with E-state index in [1.165, 1.54) is 18.4 Å². The summed E-state index contributed by atoms with van der Waals surface area (Å²) in [5.74, 6) is 2.47. The molecule has 5 nitrogen and oxygen atoms in total. The average molecular weight is 288 g/mol. The molecule has 0 bridgehead atoms. The minimum absolute atomic E-state index is 0.331. The van der Waals surface area contributed by atoms with Crippen LogP contribution in [-0.2, 0) is 6.54 Å². The maximum absolute atomic E-state index is 6.03. The highest BCUT2D eigenvalue weighted by Gasteiger charge is 2.19. The fraction of sp³-hybridized carbons (Fsp3) is 0.625. The molecular weight excluding hydrogens is 264 g/mol. The van der Waals surface area contributed by atoms with Gasteiger partial charge in [0.2, 0.25) is 5.88 Å². The molecular formula is C16H24N4O. The number of hydrogen-bond donors (Lipinski definition) is 2. The first-order valence-electron chi connectivity index (χ1n) is 7.93. The predicted molar refractivity (Wildman–Crippen MR) is 83.4 cm³/mol. The van der Waals surface area contributed by atoms with Gasteiger partial charge in [0.25, 0.3) is 0 Å². The molecule has 1 aliphatic carbocycles. The van der Waals surface area contributed by atoms with Crippen molar-refractivity contribution in [2.24, 2.45) is 10.9 Å². The second-order valence-electron chi connectivity index (χ2n) is 6.01. The van der Waals surface area contributed by atoms with Gasteiger partial charge in [-0.05, 0) is 43.2 Å². The Morgan fingerprint density at radius 2 is 2.19 bits per heavy atom. The zero-order valence-electron chi connectivity index (χ0n) is 12.6. The van der Waals surface area contributed by atoms with Gasteiger partial charge in [-0.2, -0.15) is 0 Å². The highest BCUT2D eigenvalue weighted by atomic mass is 16.5. The normalized spacial score (nSPS) is 25.1. The van der Waals surface area contributed by atoms with Crippen LogP contribution in [0.1, 0.15) is 38.2 Å². The van der Waals surface area contributed by atoms with E-state index in [-0.39, 0.29) is 0 Å². The van der Waals surface area contributed by atoms with Gasteiger partial charge in [-0.15, -0.1) is 0 Å². The molecule has 0 radical (unpaired) electrons. The summed E-state index contributed by atoms with van der Waals surface area (Å²) in [7, 11) is 0. The van der Waals surface area contributed by atoms with Crippen LogP contribution < -0.4 is 15.4 Å². The minimum Gasteiger partial charge on any atom is -0.474 e. The third-order valence-corrected chi connectivity index (χ3v) is 4.18. The topological polar surface area (TPSA) is 58.5 Å². The molecule has 0 amide bonds. The van der Waals surface area contributed by atoms with Crippen LogP contribution in [0.5, 0.6) is 5.88 Å². The summed E-state index contributed by atoms with van der Waals surface area (Å²) in [6, 6.07) is 4.04. The molecule has 2 aliphatic rings. The van der Waals surface area contributed by atoms with Gasteiger partial charge < -0.3 is 15.4 Å². The van der Waals surface area contributed by atoms with Crippen LogP contribution in [0, 0.1) is 5.92 Å². The molecule has 1 fully saturated rings. The second-order valence-corrected chi connectivity index (χ2v) is 6.01. The largest absolute Gasteiger partial charge is 0.474 e. The highest BCUT2D eigenvalue weighted by Crippen LogP contribution is 2.26. The Hall–Kier alpha value is -1.78. The van der Waals surface area contributed by atoms with Gasteiger partial charge in [0.1, 0.15) is 6.10 Å². The maximum Gasteiger partial charge on any atom is 0.213 e. The van der Waals surface area contributed by atoms with Gasteiger partial charge in [-0.25, -0.2) is 4.98 Å². The van der Waals surface area contributed by atoms with E-state index >= 15 is 0 Å². The molecule has 2 heterocycles. The molecule has 1 aromatic rings. The molecule has 1 aliphatic heterocycles. The van der Waals surface area contributed by atoms with Gasteiger partial charge in [0, 0.05) is 25.4 Å². The number of nitrogens with one attached hydrogen (secondary N) is 2. The Morgan fingerprint density at radius 3 is 2.95 bits per heavy atom. The summed E-state index contributed by atoms with van der Waals surface area (Å²) in [6.45, 7) is 4.84. The second kappa shape index (κ2) is 6.78. The lowest BCUT2D eigenvalue weighted by Crippen LogP contribution is -2.33. The van der Waals surface area contributed by atoms with Crippen molar-refractivity contribution < 1.29 is 4.74 Å². The first kappa shape index (κ1) is 14.2. The van der Waals surface area contributed by atoms with Crippen LogP contribution in [0.15, 0.2) is 23.3 Å². The smallest absolute Gasteiger partial charge is 0.213 e. The van der Waals surface area contributed by atoms with E-state index in [0.29, 0.717) is 6.10 Å². The van der Waals surface area contributed by atoms with Crippen molar-refractivity contribution >= 4 is 5.96 Å². The lowest BCUT2D eigenvalue weighted by Gasteiger charge is -2.26. The minimum atomic E-state index is 0.331. The lowest BCUT2D eigenvalue weighted by atomic mass is 9.89. The van der Waals surface area contributed by atoms with Crippen LogP contribution >= 0.6 is 0 Å². The summed E-state index contributed by atoms with van der Waals surface area (Å²) in [5, 5.41) is 6.49. The van der Waals surface area contributed by atoms with Crippen LogP contribution in [0.25, 0.3) is 0 Å². The van der Waals surface area contributed by atoms with E-state index in [4.69, 9.17) is 4.74 Å². The molecule has 1 aromatic heterocycles. The van der Waals surface area contributed by atoms with E-state index < -0.39 is 0 Å². The van der Waals surface area contributed by atoms with Crippen molar-refractivity contribution in [1.29, 1.82) is 0 Å². The summed E-state index contributed by atoms with van der Waals surface area (Å²) in [5.41, 5.74) is 1.17. The van der Waals surface area contributed by atoms with E-state index in [2.05, 4.69) is 27.5 Å². The Kier molecular flexibility index (Phi) is 4.58. The number of hydrogen-bond acceptors (Lipinski definition) is 5. The van der Waals surface area contributed by atoms with Gasteiger partial charge in [-0.3, -0.25) is 4.99 Å². The van der Waals surface area contributed by atoms with Crippen LogP contribution in [0.4, 0.5) is 0 Å². The standard InChI is InChI=1S/C16H24N4O/c1-12-2-4-14(5-3-12)21-15-10-13(6-7-17-15)11-20-16-18-8-9-19-16/h6-7,10,12,14H,2-5,8-9,11H2,1H3,(H2,18,19,20). The van der Waals surface area contributed by atoms with E-state index in [9.17, 15) is 0 Å². The number of pyridine rings is 1. The molecule has 21 heavy (non-hydrogen) atoms. The summed E-state index contributed by atoms with van der Waals surface area (Å²) in [4.78, 5) is 8.66. The quantitative estimate of drug-likeness (QED) is 0.890. The summed E-state index contributed by atoms with van der Waals surface area (Å²) >= 11 is 0. The van der Waals surface area contributed by atoms with Crippen molar-refractivity contribution in [2.75, 3.05) is 13.1 Å². The lowest BCUT2D eigenvalue weighted by molar-refractivity contribution is 0.130. The third kappa shape index (κ3) is 4.09. The molecule has 0 unspecified atom stereocenters. The zero-order valence-corrected chi connectivity index (χ0v) is 12.6. The fourth-order valence-electron chi connectivity index (χ4n) is 2.85. The number of guanidine groups is 1. The average Bonchev–Trinajstić information content (AvgIpc) is 3.01. The van der Waals surface area contributed by atoms with Crippen molar-refractivity contribution in [3.8, 4) is 5.88 Å². The summed E-state index contributed by atoms with van der Waals surface area (Å²) < 4.78 is 6.03. The van der Waals surface area contributed by atoms with Crippen molar-refractivity contribution in [3.05, 3.63) is 23.9 Å². The summed E-state index contributed by atoms with van der Waals surface area (Å²) in [6.07, 6.45) is 6.96. The fourth-order valence-corrected chi connectivity index (χ4v) is 2.85. The van der Waals surface area contributed by atoms with Crippen molar-refractivity contribution in [3.63, 3.8) is 0 Å². The number of aliphatic imine (C=N–C) groups is 1. The number of nitrogens with zero attached hydrogens (tertiary/aromatic N) is 2. The first-order valence-corrected chi connectivity index (χ1v) is 7.93. The monoisotopic (exact) mass is 288 g/mol. The molecule has 1 saturated carbocycles. The molecule has 0 spiro atoms. The van der Waals surface area contributed by atoms with E-state index in [1.54, 1.807) is 0 Å². The van der Waals surface area contributed by atoms with Gasteiger partial charge in [-0.1, -0.05) is 6.92 Å². The first-order chi connectivity index (χ1) is 10.3. The SMILES string of the molecule is CC1CCC(Oc2cc(CNC3=NCCN3)ccn2)CC1. The van der Waals surface area contributed by atoms with Crippen molar-refractivity contribution in [2.45, 2.75) is 45.3 Å². The molecule has 5 heteroatoms. The predicted octanol–water partition coefficient (Wildman–Crippen LogP) is 2.09. The van der Waals surface area contributed by atoms with Crippen LogP contribution in [-0.4, -0.2) is 30.1 Å². The maximum atomic E-state index is 6.03. The number of rotatable bonds is 4. The van der Waals surface area contributed by atoms with Crippen LogP contribution in [0.2, 0.25) is 0 Å². The molecule has 0 aromatic carbocycles. The Labute approximate surface area is 126 Å². The van der Waals surface area contributed by atoms with Gasteiger partial charge >= 0.3 is 0 Å². The molecule has 3 rings (SSSR count). The van der Waals surface area contributed by atoms with Crippen molar-refractivity contribution in [1.82, 2.24) is 15.6 Å². The molecule has 2 N–H and O–H groups in total. The Balaban J connectivity index is 1.52. The number of ether oxygens (including phenoxy) is 1. The third-order valence-electron chi connectivity index (χ3n) is 4.18. The zero-order chi connectivity index (χ0) is 14.5. The van der Waals surface area contributed by atoms with Gasteiger partial charge in [0.15, 0.2) is 5.96 Å². The number of aromatic nitrogens is 1. The van der Waals surface area contributed by atoms with E-state index in [0.717, 1.165) is 50.2 Å². The molecule has 0 saturated heterocycles. The van der Waals surface area contributed by atoms with E-state index in [1.807, 2.05) is 18.3 Å².